The Hall–Kier alpha value is -2.18. The van der Waals surface area contributed by atoms with Crippen LogP contribution in [0.2, 0.25) is 0 Å². The van der Waals surface area contributed by atoms with E-state index >= 15 is 0 Å². The zero-order valence-corrected chi connectivity index (χ0v) is 11.9. The topological polar surface area (TPSA) is 77.8 Å². The van der Waals surface area contributed by atoms with Crippen LogP contribution in [0.15, 0.2) is 18.5 Å². The molecule has 0 aromatic carbocycles. The van der Waals surface area contributed by atoms with Gasteiger partial charge in [0.2, 0.25) is 11.8 Å². The fourth-order valence-electron chi connectivity index (χ4n) is 1.69. The minimum atomic E-state index is 0.606. The van der Waals surface area contributed by atoms with Gasteiger partial charge in [0.15, 0.2) is 0 Å². The molecule has 0 saturated carbocycles. The molecule has 0 saturated heterocycles. The number of ether oxygens (including phenoxy) is 1. The van der Waals surface area contributed by atoms with Crippen molar-refractivity contribution < 1.29 is 4.74 Å². The SMILES string of the molecule is CCCOc1cc(C)nc(NCCCn2ccnn2)n1. The summed E-state index contributed by atoms with van der Waals surface area (Å²) in [5, 5.41) is 10.9. The molecular weight excluding hydrogens is 256 g/mol. The number of rotatable bonds is 8. The summed E-state index contributed by atoms with van der Waals surface area (Å²) < 4.78 is 7.33. The summed E-state index contributed by atoms with van der Waals surface area (Å²) in [5.41, 5.74) is 0.893. The molecule has 1 N–H and O–H groups in total. The molecule has 2 rings (SSSR count). The van der Waals surface area contributed by atoms with Crippen molar-refractivity contribution in [1.82, 2.24) is 25.0 Å². The van der Waals surface area contributed by atoms with Crippen molar-refractivity contribution in [2.75, 3.05) is 18.5 Å². The van der Waals surface area contributed by atoms with Gasteiger partial charge in [0.1, 0.15) is 0 Å². The standard InChI is InChI=1S/C13H20N6O/c1-3-9-20-12-10-11(2)16-13(17-12)14-5-4-7-19-8-6-15-18-19/h6,8,10H,3-5,7,9H2,1-2H3,(H,14,16,17). The van der Waals surface area contributed by atoms with E-state index in [-0.39, 0.29) is 0 Å². The van der Waals surface area contributed by atoms with E-state index < -0.39 is 0 Å². The van der Waals surface area contributed by atoms with E-state index in [4.69, 9.17) is 4.74 Å². The van der Waals surface area contributed by atoms with Crippen LogP contribution in [0, 0.1) is 6.92 Å². The lowest BCUT2D eigenvalue weighted by Crippen LogP contribution is -2.10. The third kappa shape index (κ3) is 4.49. The van der Waals surface area contributed by atoms with Crippen LogP contribution in [0.25, 0.3) is 0 Å². The molecule has 108 valence electrons. The van der Waals surface area contributed by atoms with E-state index in [9.17, 15) is 0 Å². The van der Waals surface area contributed by atoms with Crippen LogP contribution in [0.5, 0.6) is 5.88 Å². The molecule has 0 unspecified atom stereocenters. The Morgan fingerprint density at radius 1 is 1.35 bits per heavy atom. The van der Waals surface area contributed by atoms with Crippen molar-refractivity contribution >= 4 is 5.95 Å². The number of hydrogen-bond donors (Lipinski definition) is 1. The quantitative estimate of drug-likeness (QED) is 0.739. The van der Waals surface area contributed by atoms with Gasteiger partial charge >= 0.3 is 0 Å². The Balaban J connectivity index is 1.80. The fraction of sp³-hybridized carbons (Fsp3) is 0.538. The van der Waals surface area contributed by atoms with Gasteiger partial charge in [0, 0.05) is 31.0 Å². The highest BCUT2D eigenvalue weighted by Crippen LogP contribution is 2.12. The highest BCUT2D eigenvalue weighted by atomic mass is 16.5. The summed E-state index contributed by atoms with van der Waals surface area (Å²) in [6, 6.07) is 1.84. The van der Waals surface area contributed by atoms with Gasteiger partial charge in [-0.05, 0) is 19.8 Å². The first-order chi connectivity index (χ1) is 9.78. The molecule has 0 fully saturated rings. The van der Waals surface area contributed by atoms with Crippen LogP contribution in [-0.2, 0) is 6.54 Å². The van der Waals surface area contributed by atoms with Gasteiger partial charge < -0.3 is 10.1 Å². The lowest BCUT2D eigenvalue weighted by Gasteiger charge is -2.08. The molecular formula is C13H20N6O. The molecule has 2 heterocycles. The Morgan fingerprint density at radius 3 is 3.00 bits per heavy atom. The Kier molecular flexibility index (Phi) is 5.28. The second kappa shape index (κ2) is 7.42. The Bertz CT molecular complexity index is 514. The van der Waals surface area contributed by atoms with Gasteiger partial charge in [0.25, 0.3) is 0 Å². The fourth-order valence-corrected chi connectivity index (χ4v) is 1.69. The van der Waals surface area contributed by atoms with E-state index in [0.29, 0.717) is 18.4 Å². The smallest absolute Gasteiger partial charge is 0.226 e. The maximum absolute atomic E-state index is 5.53. The molecule has 7 nitrogen and oxygen atoms in total. The molecule has 0 bridgehead atoms. The predicted molar refractivity (Wildman–Crippen MR) is 75.7 cm³/mol. The molecule has 0 aliphatic heterocycles. The van der Waals surface area contributed by atoms with Crippen LogP contribution in [0.4, 0.5) is 5.95 Å². The zero-order valence-electron chi connectivity index (χ0n) is 11.9. The van der Waals surface area contributed by atoms with Crippen molar-refractivity contribution in [3.8, 4) is 5.88 Å². The molecule has 0 aliphatic carbocycles. The predicted octanol–water partition coefficient (Wildman–Crippen LogP) is 1.67. The first-order valence-electron chi connectivity index (χ1n) is 6.84. The van der Waals surface area contributed by atoms with Crippen LogP contribution >= 0.6 is 0 Å². The van der Waals surface area contributed by atoms with Gasteiger partial charge in [-0.1, -0.05) is 12.1 Å². The van der Waals surface area contributed by atoms with Gasteiger partial charge in [-0.3, -0.25) is 4.68 Å². The number of hydrogen-bond acceptors (Lipinski definition) is 6. The zero-order chi connectivity index (χ0) is 14.2. The summed E-state index contributed by atoms with van der Waals surface area (Å²) in [5.74, 6) is 1.23. The van der Waals surface area contributed by atoms with E-state index in [2.05, 4.69) is 32.5 Å². The molecule has 0 aliphatic rings. The number of anilines is 1. The van der Waals surface area contributed by atoms with E-state index in [1.165, 1.54) is 0 Å². The molecule has 7 heteroatoms. The Morgan fingerprint density at radius 2 is 2.25 bits per heavy atom. The first kappa shape index (κ1) is 14.2. The van der Waals surface area contributed by atoms with E-state index in [1.54, 1.807) is 10.9 Å². The summed E-state index contributed by atoms with van der Waals surface area (Å²) in [4.78, 5) is 8.67. The summed E-state index contributed by atoms with van der Waals surface area (Å²) in [6.07, 6.45) is 5.41. The minimum Gasteiger partial charge on any atom is -0.478 e. The minimum absolute atomic E-state index is 0.606. The maximum atomic E-state index is 5.53. The van der Waals surface area contributed by atoms with Crippen molar-refractivity contribution in [2.24, 2.45) is 0 Å². The second-order valence-corrected chi connectivity index (χ2v) is 4.47. The number of nitrogens with one attached hydrogen (secondary N) is 1. The summed E-state index contributed by atoms with van der Waals surface area (Å²) in [7, 11) is 0. The second-order valence-electron chi connectivity index (χ2n) is 4.47. The average Bonchev–Trinajstić information content (AvgIpc) is 2.94. The summed E-state index contributed by atoms with van der Waals surface area (Å²) >= 11 is 0. The third-order valence-electron chi connectivity index (χ3n) is 2.60. The van der Waals surface area contributed by atoms with Crippen LogP contribution in [-0.4, -0.2) is 38.1 Å². The van der Waals surface area contributed by atoms with Gasteiger partial charge in [-0.25, -0.2) is 4.98 Å². The van der Waals surface area contributed by atoms with E-state index in [1.807, 2.05) is 19.2 Å². The first-order valence-corrected chi connectivity index (χ1v) is 6.84. The molecule has 0 radical (unpaired) electrons. The Labute approximate surface area is 118 Å². The van der Waals surface area contributed by atoms with Crippen molar-refractivity contribution in [1.29, 1.82) is 0 Å². The normalized spacial score (nSPS) is 10.5. The summed E-state index contributed by atoms with van der Waals surface area (Å²) in [6.45, 7) is 6.26. The highest BCUT2D eigenvalue weighted by Gasteiger charge is 2.02. The third-order valence-corrected chi connectivity index (χ3v) is 2.60. The molecule has 2 aromatic heterocycles. The van der Waals surface area contributed by atoms with Crippen molar-refractivity contribution in [3.63, 3.8) is 0 Å². The maximum Gasteiger partial charge on any atom is 0.226 e. The van der Waals surface area contributed by atoms with Gasteiger partial charge in [-0.15, -0.1) is 5.10 Å². The van der Waals surface area contributed by atoms with Crippen molar-refractivity contribution in [3.05, 3.63) is 24.2 Å². The monoisotopic (exact) mass is 276 g/mol. The molecule has 0 atom stereocenters. The van der Waals surface area contributed by atoms with Crippen molar-refractivity contribution in [2.45, 2.75) is 33.2 Å². The van der Waals surface area contributed by atoms with Gasteiger partial charge in [-0.2, -0.15) is 4.98 Å². The molecule has 2 aromatic rings. The number of nitrogens with zero attached hydrogens (tertiary/aromatic N) is 5. The molecule has 0 spiro atoms. The molecule has 0 amide bonds. The largest absolute Gasteiger partial charge is 0.478 e. The lowest BCUT2D eigenvalue weighted by molar-refractivity contribution is 0.305. The van der Waals surface area contributed by atoms with Crippen LogP contribution in [0.3, 0.4) is 0 Å². The van der Waals surface area contributed by atoms with E-state index in [0.717, 1.165) is 31.6 Å². The average molecular weight is 276 g/mol. The number of aromatic nitrogens is 5. The molecule has 20 heavy (non-hydrogen) atoms. The van der Waals surface area contributed by atoms with Crippen LogP contribution in [0.1, 0.15) is 25.5 Å². The van der Waals surface area contributed by atoms with Gasteiger partial charge in [0.05, 0.1) is 12.8 Å². The lowest BCUT2D eigenvalue weighted by atomic mass is 10.4. The highest BCUT2D eigenvalue weighted by molar-refractivity contribution is 5.30. The van der Waals surface area contributed by atoms with Crippen LogP contribution < -0.4 is 10.1 Å². The number of aryl methyl sites for hydroxylation is 2.